The van der Waals surface area contributed by atoms with Crippen LogP contribution in [0.5, 0.6) is 0 Å². The van der Waals surface area contributed by atoms with Gasteiger partial charge in [-0.3, -0.25) is 9.10 Å². The van der Waals surface area contributed by atoms with Crippen molar-refractivity contribution in [3.63, 3.8) is 0 Å². The Morgan fingerprint density at radius 1 is 1.21 bits per heavy atom. The smallest absolute Gasteiger partial charge is 0.247 e. The van der Waals surface area contributed by atoms with E-state index >= 15 is 0 Å². The molecule has 8 heteroatoms. The van der Waals surface area contributed by atoms with Crippen molar-refractivity contribution < 1.29 is 17.6 Å². The molecular weight excluding hydrogens is 355 g/mol. The van der Waals surface area contributed by atoms with E-state index in [4.69, 9.17) is 11.6 Å². The number of hydrogen-bond donors (Lipinski definition) is 1. The van der Waals surface area contributed by atoms with Gasteiger partial charge in [0.15, 0.2) is 0 Å². The maximum atomic E-state index is 13.2. The number of benzene rings is 2. The number of rotatable bonds is 5. The number of sulfonamides is 1. The van der Waals surface area contributed by atoms with E-state index in [0.717, 1.165) is 16.6 Å². The minimum Gasteiger partial charge on any atom is -0.324 e. The molecule has 1 atom stereocenters. The normalized spacial score (nSPS) is 12.5. The third kappa shape index (κ3) is 4.24. The van der Waals surface area contributed by atoms with Gasteiger partial charge in [0.25, 0.3) is 0 Å². The minimum atomic E-state index is -3.68. The summed E-state index contributed by atoms with van der Waals surface area (Å²) >= 11 is 5.68. The van der Waals surface area contributed by atoms with Crippen LogP contribution in [0.3, 0.4) is 0 Å². The molecule has 0 aliphatic carbocycles. The summed E-state index contributed by atoms with van der Waals surface area (Å²) < 4.78 is 38.4. The maximum Gasteiger partial charge on any atom is 0.247 e. The second kappa shape index (κ2) is 7.19. The van der Waals surface area contributed by atoms with Gasteiger partial charge < -0.3 is 5.32 Å². The highest BCUT2D eigenvalue weighted by Gasteiger charge is 2.29. The number of amides is 1. The monoisotopic (exact) mass is 370 g/mol. The molecule has 0 saturated heterocycles. The van der Waals surface area contributed by atoms with Crippen LogP contribution in [-0.4, -0.2) is 26.6 Å². The lowest BCUT2D eigenvalue weighted by Crippen LogP contribution is -2.45. The number of nitrogens with zero attached hydrogens (tertiary/aromatic N) is 1. The number of nitrogens with one attached hydrogen (secondary N) is 1. The second-order valence-electron chi connectivity index (χ2n) is 5.19. The van der Waals surface area contributed by atoms with Gasteiger partial charge in [-0.2, -0.15) is 0 Å². The third-order valence-corrected chi connectivity index (χ3v) is 4.82. The second-order valence-corrected chi connectivity index (χ2v) is 7.46. The van der Waals surface area contributed by atoms with Crippen molar-refractivity contribution in [2.75, 3.05) is 15.9 Å². The number of carbonyl (C=O) groups excluding carboxylic acids is 1. The van der Waals surface area contributed by atoms with Crippen molar-refractivity contribution in [2.45, 2.75) is 13.0 Å². The Bertz CT molecular complexity index is 844. The quantitative estimate of drug-likeness (QED) is 0.878. The molecule has 0 aliphatic rings. The molecule has 0 unspecified atom stereocenters. The van der Waals surface area contributed by atoms with Crippen LogP contribution >= 0.6 is 11.6 Å². The largest absolute Gasteiger partial charge is 0.324 e. The van der Waals surface area contributed by atoms with Crippen molar-refractivity contribution >= 4 is 38.9 Å². The molecule has 0 heterocycles. The molecule has 0 saturated carbocycles. The van der Waals surface area contributed by atoms with Crippen molar-refractivity contribution in [3.05, 3.63) is 59.4 Å². The van der Waals surface area contributed by atoms with Crippen LogP contribution < -0.4 is 9.62 Å². The zero-order chi connectivity index (χ0) is 17.9. The fourth-order valence-electron chi connectivity index (χ4n) is 2.20. The van der Waals surface area contributed by atoms with Crippen molar-refractivity contribution in [1.29, 1.82) is 0 Å². The summed E-state index contributed by atoms with van der Waals surface area (Å²) in [5, 5.41) is 2.40. The predicted molar refractivity (Wildman–Crippen MR) is 93.3 cm³/mol. The summed E-state index contributed by atoms with van der Waals surface area (Å²) in [5.41, 5.74) is 0.652. The van der Waals surface area contributed by atoms with E-state index in [0.29, 0.717) is 5.69 Å². The Kier molecular flexibility index (Phi) is 5.46. The summed E-state index contributed by atoms with van der Waals surface area (Å²) in [6, 6.07) is 11.0. The molecule has 0 spiro atoms. The van der Waals surface area contributed by atoms with Gasteiger partial charge in [0, 0.05) is 5.69 Å². The van der Waals surface area contributed by atoms with E-state index in [2.05, 4.69) is 5.32 Å². The van der Waals surface area contributed by atoms with Gasteiger partial charge in [0.2, 0.25) is 15.9 Å². The van der Waals surface area contributed by atoms with Crippen LogP contribution in [-0.2, 0) is 14.8 Å². The summed E-state index contributed by atoms with van der Waals surface area (Å²) in [4.78, 5) is 12.4. The Hall–Kier alpha value is -2.12. The average Bonchev–Trinajstić information content (AvgIpc) is 2.50. The molecule has 2 rings (SSSR count). The lowest BCUT2D eigenvalue weighted by Gasteiger charge is -2.28. The van der Waals surface area contributed by atoms with Crippen LogP contribution in [0, 0.1) is 5.82 Å². The third-order valence-electron chi connectivity index (χ3n) is 3.29. The van der Waals surface area contributed by atoms with E-state index in [-0.39, 0.29) is 10.7 Å². The van der Waals surface area contributed by atoms with E-state index < -0.39 is 27.8 Å². The van der Waals surface area contributed by atoms with E-state index in [1.807, 2.05) is 0 Å². The summed E-state index contributed by atoms with van der Waals surface area (Å²) in [6.07, 6.45) is 1.03. The first kappa shape index (κ1) is 18.2. The molecule has 2 aromatic carbocycles. The molecule has 5 nitrogen and oxygen atoms in total. The van der Waals surface area contributed by atoms with Crippen LogP contribution in [0.25, 0.3) is 0 Å². The Morgan fingerprint density at radius 2 is 1.83 bits per heavy atom. The van der Waals surface area contributed by atoms with Crippen molar-refractivity contribution in [1.82, 2.24) is 0 Å². The van der Waals surface area contributed by atoms with Gasteiger partial charge in [0.1, 0.15) is 11.9 Å². The molecule has 0 aromatic heterocycles. The SMILES string of the molecule is C[C@@H](C(=O)Nc1ccc(F)c(Cl)c1)N(c1ccccc1)S(C)(=O)=O. The van der Waals surface area contributed by atoms with Gasteiger partial charge in [-0.1, -0.05) is 29.8 Å². The van der Waals surface area contributed by atoms with Gasteiger partial charge in [-0.05, 0) is 37.3 Å². The fraction of sp³-hybridized carbons (Fsp3) is 0.188. The van der Waals surface area contributed by atoms with Crippen molar-refractivity contribution in [3.8, 4) is 0 Å². The Balaban J connectivity index is 2.27. The van der Waals surface area contributed by atoms with Gasteiger partial charge in [-0.25, -0.2) is 12.8 Å². The van der Waals surface area contributed by atoms with Crippen LogP contribution in [0.2, 0.25) is 5.02 Å². The Morgan fingerprint density at radius 3 is 2.38 bits per heavy atom. The first-order valence-electron chi connectivity index (χ1n) is 7.00. The zero-order valence-corrected chi connectivity index (χ0v) is 14.6. The number of para-hydroxylation sites is 1. The molecule has 128 valence electrons. The minimum absolute atomic E-state index is 0.136. The first-order valence-corrected chi connectivity index (χ1v) is 9.23. The standard InChI is InChI=1S/C16H16ClFN2O3S/c1-11(16(21)19-12-8-9-15(18)14(17)10-12)20(24(2,22)23)13-6-4-3-5-7-13/h3-11H,1-2H3,(H,19,21)/t11-/m0/s1. The summed E-state index contributed by atoms with van der Waals surface area (Å²) in [5.74, 6) is -1.17. The van der Waals surface area contributed by atoms with Gasteiger partial charge in [0.05, 0.1) is 17.0 Å². The molecule has 0 aliphatic heterocycles. The lowest BCUT2D eigenvalue weighted by atomic mass is 10.2. The predicted octanol–water partition coefficient (Wildman–Crippen LogP) is 3.27. The maximum absolute atomic E-state index is 13.2. The molecular formula is C16H16ClFN2O3S. The van der Waals surface area contributed by atoms with E-state index in [1.54, 1.807) is 30.3 Å². The Labute approximate surface area is 145 Å². The number of halogens is 2. The highest BCUT2D eigenvalue weighted by Crippen LogP contribution is 2.23. The lowest BCUT2D eigenvalue weighted by molar-refractivity contribution is -0.116. The van der Waals surface area contributed by atoms with E-state index in [9.17, 15) is 17.6 Å². The van der Waals surface area contributed by atoms with Crippen molar-refractivity contribution in [2.24, 2.45) is 0 Å². The number of anilines is 2. The summed E-state index contributed by atoms with van der Waals surface area (Å²) in [7, 11) is -3.68. The summed E-state index contributed by atoms with van der Waals surface area (Å²) in [6.45, 7) is 1.47. The number of carbonyl (C=O) groups is 1. The highest BCUT2D eigenvalue weighted by atomic mass is 35.5. The fourth-order valence-corrected chi connectivity index (χ4v) is 3.56. The zero-order valence-electron chi connectivity index (χ0n) is 13.0. The average molecular weight is 371 g/mol. The molecule has 0 bridgehead atoms. The molecule has 0 fully saturated rings. The van der Waals surface area contributed by atoms with Gasteiger partial charge in [-0.15, -0.1) is 0 Å². The molecule has 1 N–H and O–H groups in total. The molecule has 2 aromatic rings. The molecule has 1 amide bonds. The van der Waals surface area contributed by atoms with Gasteiger partial charge >= 0.3 is 0 Å². The molecule has 24 heavy (non-hydrogen) atoms. The number of hydrogen-bond acceptors (Lipinski definition) is 3. The molecule has 0 radical (unpaired) electrons. The first-order chi connectivity index (χ1) is 11.2. The highest BCUT2D eigenvalue weighted by molar-refractivity contribution is 7.92. The van der Waals surface area contributed by atoms with Crippen LogP contribution in [0.15, 0.2) is 48.5 Å². The van der Waals surface area contributed by atoms with Crippen LogP contribution in [0.1, 0.15) is 6.92 Å². The van der Waals surface area contributed by atoms with Crippen LogP contribution in [0.4, 0.5) is 15.8 Å². The van der Waals surface area contributed by atoms with E-state index in [1.165, 1.54) is 19.1 Å². The topological polar surface area (TPSA) is 66.5 Å².